The van der Waals surface area contributed by atoms with Crippen molar-refractivity contribution in [3.63, 3.8) is 0 Å². The highest BCUT2D eigenvalue weighted by Crippen LogP contribution is 2.19. The van der Waals surface area contributed by atoms with Crippen LogP contribution in [-0.4, -0.2) is 37.3 Å². The van der Waals surface area contributed by atoms with Gasteiger partial charge in [0, 0.05) is 23.1 Å². The van der Waals surface area contributed by atoms with Crippen LogP contribution in [0.4, 0.5) is 10.8 Å². The van der Waals surface area contributed by atoms with Gasteiger partial charge in [-0.1, -0.05) is 23.4 Å². The van der Waals surface area contributed by atoms with Gasteiger partial charge >= 0.3 is 0 Å². The number of aromatic nitrogens is 4. The third kappa shape index (κ3) is 5.54. The number of carbonyl (C=O) groups is 2. The van der Waals surface area contributed by atoms with E-state index >= 15 is 0 Å². The van der Waals surface area contributed by atoms with E-state index in [9.17, 15) is 9.59 Å². The molecule has 0 radical (unpaired) electrons. The first-order chi connectivity index (χ1) is 13.4. The molecule has 146 valence electrons. The van der Waals surface area contributed by atoms with Crippen LogP contribution in [0.1, 0.15) is 11.5 Å². The van der Waals surface area contributed by atoms with Gasteiger partial charge in [-0.3, -0.25) is 9.59 Å². The molecule has 2 heterocycles. The van der Waals surface area contributed by atoms with E-state index in [2.05, 4.69) is 25.8 Å². The third-order valence-electron chi connectivity index (χ3n) is 3.57. The first-order valence-corrected chi connectivity index (χ1v) is 10.4. The van der Waals surface area contributed by atoms with Crippen LogP contribution in [0.2, 0.25) is 5.02 Å². The van der Waals surface area contributed by atoms with Gasteiger partial charge in [0.1, 0.15) is 5.82 Å². The number of nitrogens with one attached hydrogen (secondary N) is 2. The Balaban J connectivity index is 1.52. The molecule has 28 heavy (non-hydrogen) atoms. The summed E-state index contributed by atoms with van der Waals surface area (Å²) in [5, 5.41) is 17.2. The Morgan fingerprint density at radius 2 is 1.93 bits per heavy atom. The summed E-state index contributed by atoms with van der Waals surface area (Å²) in [6.07, 6.45) is 0.0667. The summed E-state index contributed by atoms with van der Waals surface area (Å²) >= 11 is 8.45. The normalized spacial score (nSPS) is 10.7. The number of hydrogen-bond donors (Lipinski definition) is 2. The maximum Gasteiger partial charge on any atom is 0.236 e. The lowest BCUT2D eigenvalue weighted by Crippen LogP contribution is -2.17. The topological polar surface area (TPSA) is 102 Å². The van der Waals surface area contributed by atoms with E-state index in [1.165, 1.54) is 23.1 Å². The SMILES string of the molecule is Cc1csc(NC(=O)CSc2nnc(CC(=O)Nc3ccc(Cl)cc3)n2C)n1. The average molecular weight is 437 g/mol. The van der Waals surface area contributed by atoms with Crippen LogP contribution in [0, 0.1) is 6.92 Å². The Labute approximate surface area is 174 Å². The Kier molecular flexibility index (Phi) is 6.65. The van der Waals surface area contributed by atoms with Gasteiger partial charge < -0.3 is 15.2 Å². The van der Waals surface area contributed by atoms with E-state index in [0.29, 0.717) is 26.8 Å². The number of thioether (sulfide) groups is 1. The molecule has 0 aliphatic carbocycles. The lowest BCUT2D eigenvalue weighted by atomic mass is 10.3. The predicted octanol–water partition coefficient (Wildman–Crippen LogP) is 3.15. The van der Waals surface area contributed by atoms with E-state index in [4.69, 9.17) is 11.6 Å². The zero-order valence-electron chi connectivity index (χ0n) is 15.1. The second-order valence-corrected chi connectivity index (χ2v) is 8.06. The minimum absolute atomic E-state index is 0.0667. The van der Waals surface area contributed by atoms with Gasteiger partial charge in [0.25, 0.3) is 0 Å². The molecule has 0 spiro atoms. The van der Waals surface area contributed by atoms with Crippen LogP contribution < -0.4 is 10.6 Å². The number of carbonyl (C=O) groups excluding carboxylic acids is 2. The van der Waals surface area contributed by atoms with E-state index in [1.807, 2.05) is 12.3 Å². The van der Waals surface area contributed by atoms with Gasteiger partial charge in [0.2, 0.25) is 11.8 Å². The van der Waals surface area contributed by atoms with Crippen molar-refractivity contribution < 1.29 is 9.59 Å². The Morgan fingerprint density at radius 1 is 1.18 bits per heavy atom. The van der Waals surface area contributed by atoms with Crippen molar-refractivity contribution >= 4 is 57.3 Å². The molecular weight excluding hydrogens is 420 g/mol. The maximum absolute atomic E-state index is 12.2. The van der Waals surface area contributed by atoms with Gasteiger partial charge in [-0.2, -0.15) is 0 Å². The molecule has 0 aliphatic heterocycles. The minimum Gasteiger partial charge on any atom is -0.326 e. The summed E-state index contributed by atoms with van der Waals surface area (Å²) in [5.74, 6) is 0.280. The molecule has 11 heteroatoms. The third-order valence-corrected chi connectivity index (χ3v) is 5.72. The quantitative estimate of drug-likeness (QED) is 0.551. The van der Waals surface area contributed by atoms with Crippen molar-refractivity contribution in [2.24, 2.45) is 7.05 Å². The standard InChI is InChI=1S/C17H17ClN6O2S2/c1-10-8-27-16(19-10)21-15(26)9-28-17-23-22-13(24(17)2)7-14(25)20-12-5-3-11(18)4-6-12/h3-6,8H,7,9H2,1-2H3,(H,20,25)(H,19,21,26). The van der Waals surface area contributed by atoms with Gasteiger partial charge in [-0.25, -0.2) is 4.98 Å². The number of aryl methyl sites for hydroxylation is 1. The maximum atomic E-state index is 12.2. The zero-order valence-corrected chi connectivity index (χ0v) is 17.5. The number of nitrogens with zero attached hydrogens (tertiary/aromatic N) is 4. The molecule has 1 aromatic carbocycles. The highest BCUT2D eigenvalue weighted by Gasteiger charge is 2.15. The first-order valence-electron chi connectivity index (χ1n) is 8.19. The largest absolute Gasteiger partial charge is 0.326 e. The number of amides is 2. The minimum atomic E-state index is -0.216. The lowest BCUT2D eigenvalue weighted by Gasteiger charge is -2.06. The highest BCUT2D eigenvalue weighted by molar-refractivity contribution is 7.99. The van der Waals surface area contributed by atoms with Crippen LogP contribution >= 0.6 is 34.7 Å². The fourth-order valence-corrected chi connectivity index (χ4v) is 3.76. The summed E-state index contributed by atoms with van der Waals surface area (Å²) < 4.78 is 1.70. The molecule has 0 aliphatic rings. The van der Waals surface area contributed by atoms with Crippen molar-refractivity contribution in [3.05, 3.63) is 46.2 Å². The second-order valence-electron chi connectivity index (χ2n) is 5.82. The van der Waals surface area contributed by atoms with Crippen LogP contribution in [0.25, 0.3) is 0 Å². The monoisotopic (exact) mass is 436 g/mol. The van der Waals surface area contributed by atoms with Crippen molar-refractivity contribution in [2.45, 2.75) is 18.5 Å². The van der Waals surface area contributed by atoms with E-state index in [1.54, 1.807) is 35.9 Å². The molecule has 0 atom stereocenters. The fraction of sp³-hybridized carbons (Fsp3) is 0.235. The van der Waals surface area contributed by atoms with Gasteiger partial charge in [0.15, 0.2) is 10.3 Å². The number of halogens is 1. The van der Waals surface area contributed by atoms with E-state index in [-0.39, 0.29) is 24.0 Å². The highest BCUT2D eigenvalue weighted by atomic mass is 35.5. The van der Waals surface area contributed by atoms with Crippen molar-refractivity contribution in [1.29, 1.82) is 0 Å². The Morgan fingerprint density at radius 3 is 2.61 bits per heavy atom. The summed E-state index contributed by atoms with van der Waals surface area (Å²) in [4.78, 5) is 28.4. The molecule has 0 fully saturated rings. The van der Waals surface area contributed by atoms with Crippen molar-refractivity contribution in [2.75, 3.05) is 16.4 Å². The van der Waals surface area contributed by atoms with E-state index in [0.717, 1.165) is 5.69 Å². The molecule has 0 saturated heterocycles. The molecule has 0 bridgehead atoms. The van der Waals surface area contributed by atoms with Crippen LogP contribution in [0.3, 0.4) is 0 Å². The molecular formula is C17H17ClN6O2S2. The lowest BCUT2D eigenvalue weighted by molar-refractivity contribution is -0.116. The molecule has 2 N–H and O–H groups in total. The average Bonchev–Trinajstić information content (AvgIpc) is 3.21. The molecule has 3 rings (SSSR count). The molecule has 3 aromatic rings. The van der Waals surface area contributed by atoms with Crippen LogP contribution in [-0.2, 0) is 23.1 Å². The Bertz CT molecular complexity index is 986. The summed E-state index contributed by atoms with van der Waals surface area (Å²) in [6, 6.07) is 6.85. The molecule has 2 aromatic heterocycles. The number of anilines is 2. The smallest absolute Gasteiger partial charge is 0.236 e. The predicted molar refractivity (Wildman–Crippen MR) is 111 cm³/mol. The van der Waals surface area contributed by atoms with Crippen LogP contribution in [0.5, 0.6) is 0 Å². The second kappa shape index (κ2) is 9.18. The van der Waals surface area contributed by atoms with E-state index < -0.39 is 0 Å². The number of benzene rings is 1. The summed E-state index contributed by atoms with van der Waals surface area (Å²) in [7, 11) is 1.76. The first kappa shape index (κ1) is 20.3. The van der Waals surface area contributed by atoms with Gasteiger partial charge in [-0.05, 0) is 31.2 Å². The summed E-state index contributed by atoms with van der Waals surface area (Å²) in [6.45, 7) is 1.87. The zero-order chi connectivity index (χ0) is 20.1. The van der Waals surface area contributed by atoms with Gasteiger partial charge in [0.05, 0.1) is 17.9 Å². The molecule has 2 amide bonds. The number of rotatable bonds is 7. The Hall–Kier alpha value is -2.43. The number of hydrogen-bond acceptors (Lipinski definition) is 7. The van der Waals surface area contributed by atoms with Crippen LogP contribution in [0.15, 0.2) is 34.8 Å². The van der Waals surface area contributed by atoms with Gasteiger partial charge in [-0.15, -0.1) is 21.5 Å². The van der Waals surface area contributed by atoms with Crippen molar-refractivity contribution in [1.82, 2.24) is 19.7 Å². The molecule has 0 unspecified atom stereocenters. The number of thiazole rings is 1. The molecule has 8 nitrogen and oxygen atoms in total. The van der Waals surface area contributed by atoms with Crippen molar-refractivity contribution in [3.8, 4) is 0 Å². The fourth-order valence-electron chi connectivity index (χ4n) is 2.20. The summed E-state index contributed by atoms with van der Waals surface area (Å²) in [5.41, 5.74) is 1.52. The molecule has 0 saturated carbocycles.